The second kappa shape index (κ2) is 6.27. The summed E-state index contributed by atoms with van der Waals surface area (Å²) in [6, 6.07) is 6.30. The topological polar surface area (TPSA) is 49.8 Å². The lowest BCUT2D eigenvalue weighted by Gasteiger charge is -2.29. The van der Waals surface area contributed by atoms with E-state index in [0.717, 1.165) is 25.3 Å². The number of aryl methyl sites for hydroxylation is 1. The van der Waals surface area contributed by atoms with Gasteiger partial charge in [0, 0.05) is 19.0 Å². The van der Waals surface area contributed by atoms with Crippen LogP contribution >= 0.6 is 0 Å². The lowest BCUT2D eigenvalue weighted by Crippen LogP contribution is -2.41. The maximum atomic E-state index is 10.8. The van der Waals surface area contributed by atoms with Gasteiger partial charge in [-0.15, -0.1) is 0 Å². The number of fused-ring (bicyclic) bond motifs is 1. The first-order valence-corrected chi connectivity index (χ1v) is 7.21. The Kier molecular flexibility index (Phi) is 4.65. The molecular weight excluding hydrogens is 254 g/mol. The highest BCUT2D eigenvalue weighted by Crippen LogP contribution is 2.30. The van der Waals surface area contributed by atoms with E-state index in [4.69, 9.17) is 9.84 Å². The minimum absolute atomic E-state index is 0.0338. The Bertz CT molecular complexity index is 487. The van der Waals surface area contributed by atoms with Crippen LogP contribution in [-0.2, 0) is 11.2 Å². The van der Waals surface area contributed by atoms with Gasteiger partial charge in [-0.25, -0.2) is 0 Å². The predicted octanol–water partition coefficient (Wildman–Crippen LogP) is 2.48. The van der Waals surface area contributed by atoms with Crippen molar-refractivity contribution in [3.05, 3.63) is 29.3 Å². The molecule has 0 aromatic heterocycles. The summed E-state index contributed by atoms with van der Waals surface area (Å²) >= 11 is 0. The van der Waals surface area contributed by atoms with Crippen molar-refractivity contribution < 1.29 is 14.6 Å². The molecule has 0 amide bonds. The molecule has 1 aromatic carbocycles. The van der Waals surface area contributed by atoms with Gasteiger partial charge in [0.1, 0.15) is 11.9 Å². The average molecular weight is 277 g/mol. The van der Waals surface area contributed by atoms with E-state index in [2.05, 4.69) is 30.9 Å². The number of aliphatic carboxylic acids is 1. The number of carbonyl (C=O) groups is 1. The number of carboxylic acid groups (broad SMARTS) is 1. The summed E-state index contributed by atoms with van der Waals surface area (Å²) in [5, 5.41) is 8.90. The molecule has 2 atom stereocenters. The molecule has 110 valence electrons. The Morgan fingerprint density at radius 1 is 1.55 bits per heavy atom. The van der Waals surface area contributed by atoms with Gasteiger partial charge in [0.15, 0.2) is 0 Å². The van der Waals surface area contributed by atoms with E-state index in [1.165, 1.54) is 11.1 Å². The quantitative estimate of drug-likeness (QED) is 0.868. The highest BCUT2D eigenvalue weighted by Gasteiger charge is 2.26. The first-order chi connectivity index (χ1) is 9.49. The predicted molar refractivity (Wildman–Crippen MR) is 78.3 cm³/mol. The fraction of sp³-hybridized carbons (Fsp3) is 0.562. The molecule has 0 saturated carbocycles. The van der Waals surface area contributed by atoms with Crippen molar-refractivity contribution in [2.75, 3.05) is 13.1 Å². The summed E-state index contributed by atoms with van der Waals surface area (Å²) in [5.41, 5.74) is 2.51. The molecule has 1 N–H and O–H groups in total. The van der Waals surface area contributed by atoms with E-state index in [0.29, 0.717) is 0 Å². The van der Waals surface area contributed by atoms with Crippen molar-refractivity contribution in [2.24, 2.45) is 0 Å². The fourth-order valence-electron chi connectivity index (χ4n) is 2.82. The average Bonchev–Trinajstić information content (AvgIpc) is 2.76. The van der Waals surface area contributed by atoms with Gasteiger partial charge in [-0.2, -0.15) is 0 Å². The number of hydrogen-bond acceptors (Lipinski definition) is 3. The number of rotatable bonds is 6. The molecule has 0 radical (unpaired) electrons. The first kappa shape index (κ1) is 14.9. The van der Waals surface area contributed by atoms with E-state index in [-0.39, 0.29) is 18.6 Å². The van der Waals surface area contributed by atoms with Crippen molar-refractivity contribution in [2.45, 2.75) is 45.8 Å². The number of hydrogen-bond donors (Lipinski definition) is 1. The van der Waals surface area contributed by atoms with E-state index in [1.807, 2.05) is 13.0 Å². The Hall–Kier alpha value is -1.55. The third-order valence-corrected chi connectivity index (χ3v) is 3.89. The lowest BCUT2D eigenvalue weighted by molar-refractivity contribution is -0.138. The van der Waals surface area contributed by atoms with Gasteiger partial charge >= 0.3 is 5.97 Å². The van der Waals surface area contributed by atoms with E-state index >= 15 is 0 Å². The second-order valence-electron chi connectivity index (χ2n) is 5.59. The molecule has 0 aliphatic carbocycles. The second-order valence-corrected chi connectivity index (χ2v) is 5.59. The molecule has 1 aliphatic heterocycles. The van der Waals surface area contributed by atoms with Crippen LogP contribution in [0.1, 0.15) is 31.4 Å². The maximum absolute atomic E-state index is 10.8. The summed E-state index contributed by atoms with van der Waals surface area (Å²) in [6.07, 6.45) is 1.21. The normalized spacial score (nSPS) is 18.7. The number of ether oxygens (including phenoxy) is 1. The lowest BCUT2D eigenvalue weighted by atomic mass is 10.1. The molecule has 2 rings (SSSR count). The van der Waals surface area contributed by atoms with Crippen LogP contribution in [0.3, 0.4) is 0 Å². The Morgan fingerprint density at radius 3 is 2.95 bits per heavy atom. The van der Waals surface area contributed by atoms with Gasteiger partial charge in [0.25, 0.3) is 0 Å². The Morgan fingerprint density at radius 2 is 2.30 bits per heavy atom. The van der Waals surface area contributed by atoms with Crippen molar-refractivity contribution in [1.82, 2.24) is 4.90 Å². The standard InChI is InChI=1S/C16H23NO3/c1-4-17(12(3)8-16(18)19)10-14-9-13-7-11(2)5-6-15(13)20-14/h5-7,12,14H,4,8-10H2,1-3H3,(H,18,19). The molecule has 0 saturated heterocycles. The summed E-state index contributed by atoms with van der Waals surface area (Å²) in [5.74, 6) is 0.227. The number of benzene rings is 1. The van der Waals surface area contributed by atoms with E-state index < -0.39 is 5.97 Å². The molecule has 0 spiro atoms. The van der Waals surface area contributed by atoms with Crippen LogP contribution in [0.25, 0.3) is 0 Å². The van der Waals surface area contributed by atoms with Crippen LogP contribution in [0.15, 0.2) is 18.2 Å². The zero-order valence-corrected chi connectivity index (χ0v) is 12.4. The molecule has 0 fully saturated rings. The minimum atomic E-state index is -0.748. The summed E-state index contributed by atoms with van der Waals surface area (Å²) in [6.45, 7) is 7.72. The van der Waals surface area contributed by atoms with Gasteiger partial charge in [-0.05, 0) is 32.0 Å². The molecule has 4 heteroatoms. The van der Waals surface area contributed by atoms with Crippen molar-refractivity contribution in [3.8, 4) is 5.75 Å². The van der Waals surface area contributed by atoms with Crippen LogP contribution in [0.4, 0.5) is 0 Å². The first-order valence-electron chi connectivity index (χ1n) is 7.21. The molecule has 4 nitrogen and oxygen atoms in total. The van der Waals surface area contributed by atoms with E-state index in [1.54, 1.807) is 0 Å². The summed E-state index contributed by atoms with van der Waals surface area (Å²) in [7, 11) is 0. The molecular formula is C16H23NO3. The number of carboxylic acids is 1. The van der Waals surface area contributed by atoms with Crippen molar-refractivity contribution >= 4 is 5.97 Å². The van der Waals surface area contributed by atoms with Gasteiger partial charge < -0.3 is 9.84 Å². The van der Waals surface area contributed by atoms with Gasteiger partial charge in [0.2, 0.25) is 0 Å². The van der Waals surface area contributed by atoms with Crippen LogP contribution in [0.5, 0.6) is 5.75 Å². The molecule has 2 unspecified atom stereocenters. The molecule has 0 bridgehead atoms. The van der Waals surface area contributed by atoms with Crippen molar-refractivity contribution in [3.63, 3.8) is 0 Å². The maximum Gasteiger partial charge on any atom is 0.304 e. The molecule has 20 heavy (non-hydrogen) atoms. The smallest absolute Gasteiger partial charge is 0.304 e. The minimum Gasteiger partial charge on any atom is -0.488 e. The Labute approximate surface area is 120 Å². The van der Waals surface area contributed by atoms with Gasteiger partial charge in [0.05, 0.1) is 6.42 Å². The van der Waals surface area contributed by atoms with Crippen LogP contribution in [-0.4, -0.2) is 41.2 Å². The Balaban J connectivity index is 1.96. The fourth-order valence-corrected chi connectivity index (χ4v) is 2.82. The number of nitrogens with zero attached hydrogens (tertiary/aromatic N) is 1. The summed E-state index contributed by atoms with van der Waals surface area (Å²) < 4.78 is 5.96. The highest BCUT2D eigenvalue weighted by atomic mass is 16.5. The summed E-state index contributed by atoms with van der Waals surface area (Å²) in [4.78, 5) is 13.0. The SMILES string of the molecule is CCN(CC1Cc2cc(C)ccc2O1)C(C)CC(=O)O. The zero-order valence-electron chi connectivity index (χ0n) is 12.4. The number of likely N-dealkylation sites (N-methyl/N-ethyl adjacent to an activating group) is 1. The third kappa shape index (κ3) is 3.51. The monoisotopic (exact) mass is 277 g/mol. The van der Waals surface area contributed by atoms with Crippen molar-refractivity contribution in [1.29, 1.82) is 0 Å². The van der Waals surface area contributed by atoms with Crippen LogP contribution in [0.2, 0.25) is 0 Å². The van der Waals surface area contributed by atoms with Crippen LogP contribution in [0, 0.1) is 6.92 Å². The zero-order chi connectivity index (χ0) is 14.7. The van der Waals surface area contributed by atoms with Crippen LogP contribution < -0.4 is 4.74 Å². The highest BCUT2D eigenvalue weighted by molar-refractivity contribution is 5.67. The largest absolute Gasteiger partial charge is 0.488 e. The van der Waals surface area contributed by atoms with Gasteiger partial charge in [-0.3, -0.25) is 9.69 Å². The molecule has 1 heterocycles. The third-order valence-electron chi connectivity index (χ3n) is 3.89. The molecule has 1 aliphatic rings. The van der Waals surface area contributed by atoms with E-state index in [9.17, 15) is 4.79 Å². The molecule has 1 aromatic rings. The van der Waals surface area contributed by atoms with Gasteiger partial charge in [-0.1, -0.05) is 24.6 Å².